The first-order chi connectivity index (χ1) is 16.5. The molecule has 0 saturated carbocycles. The van der Waals surface area contributed by atoms with Crippen molar-refractivity contribution in [2.75, 3.05) is 24.9 Å². The van der Waals surface area contributed by atoms with E-state index in [-0.39, 0.29) is 18.6 Å². The molecule has 0 aliphatic carbocycles. The molecule has 0 saturated heterocycles. The van der Waals surface area contributed by atoms with Gasteiger partial charge in [-0.15, -0.1) is 0 Å². The van der Waals surface area contributed by atoms with E-state index in [0.717, 1.165) is 16.8 Å². The first kappa shape index (κ1) is 22.8. The van der Waals surface area contributed by atoms with Crippen LogP contribution in [0.5, 0.6) is 11.5 Å². The zero-order valence-electron chi connectivity index (χ0n) is 18.8. The quantitative estimate of drug-likeness (QED) is 0.406. The van der Waals surface area contributed by atoms with Crippen molar-refractivity contribution in [1.82, 2.24) is 4.57 Å². The zero-order valence-corrected chi connectivity index (χ0v) is 18.8. The lowest BCUT2D eigenvalue weighted by Gasteiger charge is -2.15. The predicted molar refractivity (Wildman–Crippen MR) is 130 cm³/mol. The second-order valence-corrected chi connectivity index (χ2v) is 7.62. The summed E-state index contributed by atoms with van der Waals surface area (Å²) in [6, 6.07) is 20.0. The average Bonchev–Trinajstić information content (AvgIpc) is 2.86. The van der Waals surface area contributed by atoms with Gasteiger partial charge in [0.25, 0.3) is 5.56 Å². The van der Waals surface area contributed by atoms with Gasteiger partial charge >= 0.3 is 0 Å². The minimum Gasteiger partial charge on any atom is -0.497 e. The van der Waals surface area contributed by atoms with Crippen LogP contribution in [0, 0.1) is 5.82 Å². The third kappa shape index (κ3) is 5.17. The van der Waals surface area contributed by atoms with Gasteiger partial charge < -0.3 is 20.1 Å². The number of nitrogens with zero attached hydrogens (tertiary/aromatic N) is 1. The van der Waals surface area contributed by atoms with E-state index in [1.807, 2.05) is 36.4 Å². The van der Waals surface area contributed by atoms with Crippen molar-refractivity contribution in [2.24, 2.45) is 0 Å². The summed E-state index contributed by atoms with van der Waals surface area (Å²) in [6.45, 7) is 0.0585. The fraction of sp³-hybridized carbons (Fsp3) is 0.154. The van der Waals surface area contributed by atoms with Gasteiger partial charge in [0.05, 0.1) is 19.7 Å². The van der Waals surface area contributed by atoms with Crippen molar-refractivity contribution >= 4 is 28.2 Å². The van der Waals surface area contributed by atoms with Crippen LogP contribution >= 0.6 is 0 Å². The molecule has 0 bridgehead atoms. The third-order valence-corrected chi connectivity index (χ3v) is 5.38. The highest BCUT2D eigenvalue weighted by Gasteiger charge is 2.14. The van der Waals surface area contributed by atoms with Gasteiger partial charge in [-0.1, -0.05) is 0 Å². The van der Waals surface area contributed by atoms with Crippen molar-refractivity contribution in [3.05, 3.63) is 94.5 Å². The van der Waals surface area contributed by atoms with Crippen LogP contribution < -0.4 is 25.7 Å². The second-order valence-electron chi connectivity index (χ2n) is 7.62. The Morgan fingerprint density at radius 1 is 0.882 bits per heavy atom. The summed E-state index contributed by atoms with van der Waals surface area (Å²) in [5.41, 5.74) is 2.06. The number of pyridine rings is 1. The van der Waals surface area contributed by atoms with Crippen LogP contribution in [0.4, 0.5) is 15.8 Å². The number of benzene rings is 3. The van der Waals surface area contributed by atoms with E-state index in [4.69, 9.17) is 9.47 Å². The van der Waals surface area contributed by atoms with Crippen LogP contribution in [0.3, 0.4) is 0 Å². The van der Waals surface area contributed by atoms with Crippen molar-refractivity contribution < 1.29 is 18.7 Å². The van der Waals surface area contributed by atoms with Gasteiger partial charge in [-0.05, 0) is 72.1 Å². The lowest BCUT2D eigenvalue weighted by molar-refractivity contribution is -0.116. The van der Waals surface area contributed by atoms with E-state index in [1.165, 1.54) is 35.9 Å². The van der Waals surface area contributed by atoms with E-state index >= 15 is 0 Å². The summed E-state index contributed by atoms with van der Waals surface area (Å²) in [4.78, 5) is 26.1. The van der Waals surface area contributed by atoms with Crippen LogP contribution in [0.25, 0.3) is 10.9 Å². The fourth-order valence-corrected chi connectivity index (χ4v) is 3.61. The first-order valence-electron chi connectivity index (χ1n) is 10.6. The van der Waals surface area contributed by atoms with E-state index in [1.54, 1.807) is 19.2 Å². The maximum absolute atomic E-state index is 13.4. The van der Waals surface area contributed by atoms with E-state index in [9.17, 15) is 14.0 Å². The van der Waals surface area contributed by atoms with Gasteiger partial charge in [0.2, 0.25) is 5.91 Å². The van der Waals surface area contributed by atoms with Crippen molar-refractivity contribution in [1.29, 1.82) is 0 Å². The molecular weight excluding hydrogens is 437 g/mol. The highest BCUT2D eigenvalue weighted by Crippen LogP contribution is 2.22. The maximum atomic E-state index is 13.4. The Morgan fingerprint density at radius 2 is 1.53 bits per heavy atom. The summed E-state index contributed by atoms with van der Waals surface area (Å²) in [5.74, 6) is 0.505. The Labute approximate surface area is 195 Å². The van der Waals surface area contributed by atoms with Crippen LogP contribution in [0.15, 0.2) is 77.6 Å². The molecule has 8 heteroatoms. The molecule has 34 heavy (non-hydrogen) atoms. The van der Waals surface area contributed by atoms with Gasteiger partial charge in [0.1, 0.15) is 23.9 Å². The normalized spacial score (nSPS) is 10.7. The molecule has 0 aliphatic heterocycles. The molecule has 1 aromatic heterocycles. The lowest BCUT2D eigenvalue weighted by atomic mass is 10.1. The fourth-order valence-electron chi connectivity index (χ4n) is 3.61. The second kappa shape index (κ2) is 10.1. The molecule has 0 spiro atoms. The first-order valence-corrected chi connectivity index (χ1v) is 10.6. The molecule has 7 nitrogen and oxygen atoms in total. The molecule has 1 heterocycles. The molecule has 0 fully saturated rings. The number of fused-ring (bicyclic) bond motifs is 1. The largest absolute Gasteiger partial charge is 0.497 e. The minimum atomic E-state index is -0.405. The number of anilines is 2. The molecule has 0 atom stereocenters. The standard InChI is InChI=1S/C26H24FN3O4/c1-33-22-11-8-20(9-12-22)28-15-18-13-17-3-10-23(34-2)14-24(17)30(26(18)32)16-25(31)29-21-6-4-19(27)5-7-21/h3-14,28H,15-16H2,1-2H3,(H,29,31). The SMILES string of the molecule is COc1ccc(NCc2cc3ccc(OC)cc3n(CC(=O)Nc3ccc(F)cc3)c2=O)cc1. The summed E-state index contributed by atoms with van der Waals surface area (Å²) in [5, 5.41) is 6.73. The molecule has 2 N–H and O–H groups in total. The highest BCUT2D eigenvalue weighted by molar-refractivity contribution is 5.92. The monoisotopic (exact) mass is 461 g/mol. The number of carbonyl (C=O) groups is 1. The number of methoxy groups -OCH3 is 2. The maximum Gasteiger partial charge on any atom is 0.256 e. The number of carbonyl (C=O) groups excluding carboxylic acids is 1. The highest BCUT2D eigenvalue weighted by atomic mass is 19.1. The summed E-state index contributed by atoms with van der Waals surface area (Å²) in [6.07, 6.45) is 0. The molecule has 4 rings (SSSR count). The topological polar surface area (TPSA) is 81.6 Å². The van der Waals surface area contributed by atoms with E-state index < -0.39 is 11.7 Å². The van der Waals surface area contributed by atoms with Gasteiger partial charge in [-0.25, -0.2) is 4.39 Å². The number of hydrogen-bond donors (Lipinski definition) is 2. The Kier molecular flexibility index (Phi) is 6.77. The van der Waals surface area contributed by atoms with Crippen LogP contribution in [-0.2, 0) is 17.9 Å². The Balaban J connectivity index is 1.64. The third-order valence-electron chi connectivity index (χ3n) is 5.38. The number of amides is 1. The number of aromatic nitrogens is 1. The number of hydrogen-bond acceptors (Lipinski definition) is 5. The van der Waals surface area contributed by atoms with Gasteiger partial charge in [-0.3, -0.25) is 14.2 Å². The summed E-state index contributed by atoms with van der Waals surface area (Å²) in [7, 11) is 3.14. The molecule has 0 radical (unpaired) electrons. The average molecular weight is 461 g/mol. The molecular formula is C26H24FN3O4. The zero-order chi connectivity index (χ0) is 24.1. The molecule has 3 aromatic carbocycles. The smallest absolute Gasteiger partial charge is 0.256 e. The van der Waals surface area contributed by atoms with Crippen LogP contribution in [0.2, 0.25) is 0 Å². The number of rotatable bonds is 8. The number of ether oxygens (including phenoxy) is 2. The molecule has 4 aromatic rings. The van der Waals surface area contributed by atoms with E-state index in [0.29, 0.717) is 22.5 Å². The van der Waals surface area contributed by atoms with Crippen LogP contribution in [0.1, 0.15) is 5.56 Å². The van der Waals surface area contributed by atoms with Crippen molar-refractivity contribution in [2.45, 2.75) is 13.1 Å². The minimum absolute atomic E-state index is 0.212. The summed E-state index contributed by atoms with van der Waals surface area (Å²) >= 11 is 0. The Bertz CT molecular complexity index is 1370. The van der Waals surface area contributed by atoms with Crippen LogP contribution in [-0.4, -0.2) is 24.7 Å². The number of nitrogens with one attached hydrogen (secondary N) is 2. The van der Waals surface area contributed by atoms with Gasteiger partial charge in [-0.2, -0.15) is 0 Å². The molecule has 0 aliphatic rings. The Morgan fingerprint density at radius 3 is 2.21 bits per heavy atom. The summed E-state index contributed by atoms with van der Waals surface area (Å²) < 4.78 is 25.1. The van der Waals surface area contributed by atoms with Gasteiger partial charge in [0, 0.05) is 29.5 Å². The van der Waals surface area contributed by atoms with Gasteiger partial charge in [0.15, 0.2) is 0 Å². The predicted octanol–water partition coefficient (Wildman–Crippen LogP) is 4.41. The number of halogens is 1. The lowest BCUT2D eigenvalue weighted by Crippen LogP contribution is -2.30. The molecule has 174 valence electrons. The Hall–Kier alpha value is -4.33. The molecule has 1 amide bonds. The van der Waals surface area contributed by atoms with Crippen molar-refractivity contribution in [3.63, 3.8) is 0 Å². The van der Waals surface area contributed by atoms with Crippen molar-refractivity contribution in [3.8, 4) is 11.5 Å². The molecule has 0 unspecified atom stereocenters. The van der Waals surface area contributed by atoms with E-state index in [2.05, 4.69) is 10.6 Å².